The largest absolute Gasteiger partial charge is 0.494 e. The monoisotopic (exact) mass is 271 g/mol. The van der Waals surface area contributed by atoms with Crippen molar-refractivity contribution in [2.24, 2.45) is 5.73 Å². The fraction of sp³-hybridized carbons (Fsp3) is 0.438. The van der Waals surface area contributed by atoms with Gasteiger partial charge in [-0.05, 0) is 43.9 Å². The standard InChI is InChI=1S/C16H21N3O/c1-11-13-7-5-6-12(10-17)16(13)19(18-11)14-8-3-4-9-15(14)20-2/h3-4,8-9,12H,5-7,10,17H2,1-2H3. The van der Waals surface area contributed by atoms with E-state index >= 15 is 0 Å². The lowest BCUT2D eigenvalue weighted by Gasteiger charge is -2.23. The summed E-state index contributed by atoms with van der Waals surface area (Å²) in [4.78, 5) is 0. The van der Waals surface area contributed by atoms with E-state index in [1.165, 1.54) is 17.7 Å². The molecule has 1 aliphatic carbocycles. The van der Waals surface area contributed by atoms with Crippen molar-refractivity contribution in [3.63, 3.8) is 0 Å². The first-order valence-electron chi connectivity index (χ1n) is 7.18. The second-order valence-electron chi connectivity index (χ2n) is 5.36. The number of aryl methyl sites for hydroxylation is 1. The van der Waals surface area contributed by atoms with Gasteiger partial charge in [0.25, 0.3) is 0 Å². The van der Waals surface area contributed by atoms with Gasteiger partial charge >= 0.3 is 0 Å². The molecule has 0 saturated heterocycles. The number of para-hydroxylation sites is 2. The van der Waals surface area contributed by atoms with Gasteiger partial charge in [-0.3, -0.25) is 0 Å². The van der Waals surface area contributed by atoms with Crippen LogP contribution in [0.25, 0.3) is 5.69 Å². The SMILES string of the molecule is COc1ccccc1-n1nc(C)c2c1C(CN)CCC2. The van der Waals surface area contributed by atoms with Gasteiger partial charge in [-0.2, -0.15) is 5.10 Å². The molecule has 1 aromatic carbocycles. The fourth-order valence-corrected chi connectivity index (χ4v) is 3.19. The number of methoxy groups -OCH3 is 1. The van der Waals surface area contributed by atoms with Gasteiger partial charge in [0.05, 0.1) is 18.5 Å². The summed E-state index contributed by atoms with van der Waals surface area (Å²) < 4.78 is 7.52. The van der Waals surface area contributed by atoms with Crippen LogP contribution >= 0.6 is 0 Å². The van der Waals surface area contributed by atoms with E-state index in [-0.39, 0.29) is 0 Å². The second kappa shape index (κ2) is 5.29. The second-order valence-corrected chi connectivity index (χ2v) is 5.36. The third-order valence-electron chi connectivity index (χ3n) is 4.19. The lowest BCUT2D eigenvalue weighted by atomic mass is 9.86. The molecule has 0 radical (unpaired) electrons. The van der Waals surface area contributed by atoms with Gasteiger partial charge in [-0.1, -0.05) is 12.1 Å². The molecule has 0 fully saturated rings. The van der Waals surface area contributed by atoms with E-state index in [1.54, 1.807) is 7.11 Å². The van der Waals surface area contributed by atoms with Crippen LogP contribution in [0.4, 0.5) is 0 Å². The summed E-state index contributed by atoms with van der Waals surface area (Å²) in [5.41, 5.74) is 10.7. The van der Waals surface area contributed by atoms with Crippen LogP contribution in [0.1, 0.15) is 35.7 Å². The normalized spacial score (nSPS) is 17.9. The highest BCUT2D eigenvalue weighted by Gasteiger charge is 2.27. The van der Waals surface area contributed by atoms with E-state index < -0.39 is 0 Å². The van der Waals surface area contributed by atoms with E-state index in [0.717, 1.165) is 30.0 Å². The van der Waals surface area contributed by atoms with Crippen LogP contribution < -0.4 is 10.5 Å². The molecule has 0 bridgehead atoms. The van der Waals surface area contributed by atoms with Crippen molar-refractivity contribution in [1.29, 1.82) is 0 Å². The molecule has 1 aliphatic rings. The molecule has 1 heterocycles. The first kappa shape index (κ1) is 13.2. The highest BCUT2D eigenvalue weighted by atomic mass is 16.5. The van der Waals surface area contributed by atoms with Crippen LogP contribution in [0.5, 0.6) is 5.75 Å². The number of nitrogens with zero attached hydrogens (tertiary/aromatic N) is 2. The van der Waals surface area contributed by atoms with Crippen LogP contribution in [0.2, 0.25) is 0 Å². The van der Waals surface area contributed by atoms with Crippen molar-refractivity contribution in [3.05, 3.63) is 41.2 Å². The third-order valence-corrected chi connectivity index (χ3v) is 4.19. The summed E-state index contributed by atoms with van der Waals surface area (Å²) in [5, 5.41) is 4.75. The number of fused-ring (bicyclic) bond motifs is 1. The number of benzene rings is 1. The van der Waals surface area contributed by atoms with Crippen molar-refractivity contribution in [1.82, 2.24) is 9.78 Å². The van der Waals surface area contributed by atoms with Crippen molar-refractivity contribution >= 4 is 0 Å². The molecule has 1 atom stereocenters. The zero-order valence-corrected chi connectivity index (χ0v) is 12.1. The number of ether oxygens (including phenoxy) is 1. The van der Waals surface area contributed by atoms with Crippen LogP contribution in [0.15, 0.2) is 24.3 Å². The molecule has 4 heteroatoms. The zero-order chi connectivity index (χ0) is 14.1. The Morgan fingerprint density at radius 3 is 2.95 bits per heavy atom. The fourth-order valence-electron chi connectivity index (χ4n) is 3.19. The Hall–Kier alpha value is -1.81. The summed E-state index contributed by atoms with van der Waals surface area (Å²) in [7, 11) is 1.70. The van der Waals surface area contributed by atoms with Crippen molar-refractivity contribution in [2.75, 3.05) is 13.7 Å². The Morgan fingerprint density at radius 2 is 2.20 bits per heavy atom. The van der Waals surface area contributed by atoms with Gasteiger partial charge in [0.15, 0.2) is 0 Å². The first-order chi connectivity index (χ1) is 9.76. The average molecular weight is 271 g/mol. The van der Waals surface area contributed by atoms with Gasteiger partial charge in [0, 0.05) is 12.5 Å². The molecule has 2 N–H and O–H groups in total. The molecule has 0 amide bonds. The molecule has 20 heavy (non-hydrogen) atoms. The van der Waals surface area contributed by atoms with Gasteiger partial charge < -0.3 is 10.5 Å². The van der Waals surface area contributed by atoms with Crippen LogP contribution in [-0.4, -0.2) is 23.4 Å². The first-order valence-corrected chi connectivity index (χ1v) is 7.18. The maximum Gasteiger partial charge on any atom is 0.144 e. The highest BCUT2D eigenvalue weighted by molar-refractivity contribution is 5.49. The Balaban J connectivity index is 2.20. The molecule has 3 rings (SSSR count). The van der Waals surface area contributed by atoms with Crippen molar-refractivity contribution in [3.8, 4) is 11.4 Å². The lowest BCUT2D eigenvalue weighted by molar-refractivity contribution is 0.410. The lowest BCUT2D eigenvalue weighted by Crippen LogP contribution is -2.21. The van der Waals surface area contributed by atoms with Gasteiger partial charge in [0.2, 0.25) is 0 Å². The minimum Gasteiger partial charge on any atom is -0.494 e. The van der Waals surface area contributed by atoms with E-state index in [2.05, 4.69) is 6.92 Å². The predicted molar refractivity (Wildman–Crippen MR) is 79.6 cm³/mol. The molecule has 0 aliphatic heterocycles. The van der Waals surface area contributed by atoms with Gasteiger partial charge in [0.1, 0.15) is 11.4 Å². The Kier molecular flexibility index (Phi) is 3.49. The molecule has 1 aromatic heterocycles. The van der Waals surface area contributed by atoms with Crippen molar-refractivity contribution in [2.45, 2.75) is 32.1 Å². The van der Waals surface area contributed by atoms with E-state index in [0.29, 0.717) is 12.5 Å². The number of aromatic nitrogens is 2. The Morgan fingerprint density at radius 1 is 1.40 bits per heavy atom. The zero-order valence-electron chi connectivity index (χ0n) is 12.1. The molecule has 0 saturated carbocycles. The maximum absolute atomic E-state index is 5.97. The number of hydrogen-bond acceptors (Lipinski definition) is 3. The summed E-state index contributed by atoms with van der Waals surface area (Å²) in [6.07, 6.45) is 3.45. The smallest absolute Gasteiger partial charge is 0.144 e. The van der Waals surface area contributed by atoms with Gasteiger partial charge in [-0.25, -0.2) is 4.68 Å². The summed E-state index contributed by atoms with van der Waals surface area (Å²) >= 11 is 0. The van der Waals surface area contributed by atoms with E-state index in [1.807, 2.05) is 28.9 Å². The Bertz CT molecular complexity index is 618. The molecule has 1 unspecified atom stereocenters. The van der Waals surface area contributed by atoms with Crippen LogP contribution in [-0.2, 0) is 6.42 Å². The number of nitrogens with two attached hydrogens (primary N) is 1. The maximum atomic E-state index is 5.97. The topological polar surface area (TPSA) is 53.1 Å². The molecular formula is C16H21N3O. The minimum atomic E-state index is 0.393. The minimum absolute atomic E-state index is 0.393. The summed E-state index contributed by atoms with van der Waals surface area (Å²) in [6, 6.07) is 8.01. The number of hydrogen-bond donors (Lipinski definition) is 1. The molecule has 2 aromatic rings. The van der Waals surface area contributed by atoms with Crippen molar-refractivity contribution < 1.29 is 4.74 Å². The average Bonchev–Trinajstić information content (AvgIpc) is 2.84. The molecule has 4 nitrogen and oxygen atoms in total. The number of rotatable bonds is 3. The van der Waals surface area contributed by atoms with E-state index in [4.69, 9.17) is 15.6 Å². The van der Waals surface area contributed by atoms with Gasteiger partial charge in [-0.15, -0.1) is 0 Å². The van der Waals surface area contributed by atoms with Crippen LogP contribution in [0, 0.1) is 6.92 Å². The molecule has 0 spiro atoms. The third kappa shape index (κ3) is 2.00. The Labute approximate surface area is 119 Å². The molecule has 106 valence electrons. The quantitative estimate of drug-likeness (QED) is 0.933. The summed E-state index contributed by atoms with van der Waals surface area (Å²) in [6.45, 7) is 2.76. The predicted octanol–water partition coefficient (Wildman–Crippen LogP) is 2.57. The van der Waals surface area contributed by atoms with E-state index in [9.17, 15) is 0 Å². The van der Waals surface area contributed by atoms with Crippen LogP contribution in [0.3, 0.4) is 0 Å². The molecular weight excluding hydrogens is 250 g/mol. The highest BCUT2D eigenvalue weighted by Crippen LogP contribution is 2.36. The summed E-state index contributed by atoms with van der Waals surface area (Å²) in [5.74, 6) is 1.24.